The van der Waals surface area contributed by atoms with Crippen LogP contribution in [0.25, 0.3) is 0 Å². The van der Waals surface area contributed by atoms with Gasteiger partial charge in [-0.05, 0) is 96.9 Å². The molecule has 12 heteroatoms. The molecule has 1 aromatic rings. The molecule has 1 aliphatic carbocycles. The predicted octanol–water partition coefficient (Wildman–Crippen LogP) is 4.97. The maximum absolute atomic E-state index is 13.3. The highest BCUT2D eigenvalue weighted by Crippen LogP contribution is 2.59. The van der Waals surface area contributed by atoms with E-state index in [0.29, 0.717) is 29.3 Å². The van der Waals surface area contributed by atoms with E-state index in [2.05, 4.69) is 44.5 Å². The first-order valence-electron chi connectivity index (χ1n) is 15.8. The first-order chi connectivity index (χ1) is 19.6. The molecule has 1 aromatic heterocycles. The largest absolute Gasteiger partial charge is 0.477 e. The Morgan fingerprint density at radius 3 is 2.76 bits per heavy atom. The Kier molecular flexibility index (Phi) is 8.89. The van der Waals surface area contributed by atoms with Crippen molar-refractivity contribution in [2.75, 3.05) is 26.2 Å². The fourth-order valence-corrected chi connectivity index (χ4v) is 8.66. The third kappa shape index (κ3) is 6.87. The average Bonchev–Trinajstić information content (AvgIpc) is 3.48. The summed E-state index contributed by atoms with van der Waals surface area (Å²) in [5, 5.41) is 16.6. The minimum Gasteiger partial charge on any atom is -0.477 e. The number of alkyl halides is 3. The molecule has 5 heterocycles. The average molecular weight is 600 g/mol. The van der Waals surface area contributed by atoms with Crippen LogP contribution in [0.5, 0.6) is 5.88 Å². The van der Waals surface area contributed by atoms with Crippen LogP contribution in [-0.4, -0.2) is 70.3 Å². The molecule has 0 aromatic carbocycles. The highest BCUT2D eigenvalue weighted by molar-refractivity contribution is 7.98. The number of piperidine rings is 2. The third-order valence-corrected chi connectivity index (χ3v) is 11.3. The molecule has 4 bridgehead atoms. The number of fused-ring (bicyclic) bond motifs is 6. The molecule has 7 atom stereocenters. The van der Waals surface area contributed by atoms with Crippen molar-refractivity contribution >= 4 is 11.9 Å². The normalized spacial score (nSPS) is 37.4. The van der Waals surface area contributed by atoms with Crippen molar-refractivity contribution < 1.29 is 17.9 Å². The van der Waals surface area contributed by atoms with Gasteiger partial charge in [0.15, 0.2) is 0 Å². The zero-order valence-corrected chi connectivity index (χ0v) is 25.3. The predicted molar refractivity (Wildman–Crippen MR) is 155 cm³/mol. The van der Waals surface area contributed by atoms with Crippen molar-refractivity contribution in [2.45, 2.75) is 120 Å². The second-order valence-electron chi connectivity index (χ2n) is 13.7. The lowest BCUT2D eigenvalue weighted by Crippen LogP contribution is -2.60. The van der Waals surface area contributed by atoms with Crippen LogP contribution in [-0.2, 0) is 0 Å². The van der Waals surface area contributed by atoms with Crippen molar-refractivity contribution in [3.8, 4) is 5.88 Å². The van der Waals surface area contributed by atoms with Crippen molar-refractivity contribution in [1.82, 2.24) is 35.4 Å². The van der Waals surface area contributed by atoms with E-state index in [1.54, 1.807) is 6.07 Å². The van der Waals surface area contributed by atoms with Crippen molar-refractivity contribution in [2.24, 2.45) is 17.3 Å². The fraction of sp³-hybridized carbons (Fsp3) is 0.897. The first kappa shape index (κ1) is 30.0. The minimum atomic E-state index is -4.15. The van der Waals surface area contributed by atoms with E-state index >= 15 is 0 Å². The zero-order valence-electron chi connectivity index (χ0n) is 24.5. The van der Waals surface area contributed by atoms with E-state index in [9.17, 15) is 13.2 Å². The lowest BCUT2D eigenvalue weighted by molar-refractivity contribution is -0.190. The van der Waals surface area contributed by atoms with Crippen LogP contribution in [0.2, 0.25) is 0 Å². The Morgan fingerprint density at radius 1 is 1.10 bits per heavy atom. The highest BCUT2D eigenvalue weighted by Gasteiger charge is 2.62. The molecule has 5 fully saturated rings. The highest BCUT2D eigenvalue weighted by atomic mass is 32.2. The minimum absolute atomic E-state index is 0.00188. The summed E-state index contributed by atoms with van der Waals surface area (Å²) in [6, 6.07) is 1.78. The Labute approximate surface area is 246 Å². The molecule has 4 aliphatic heterocycles. The van der Waals surface area contributed by atoms with Crippen LogP contribution in [0.1, 0.15) is 90.6 Å². The van der Waals surface area contributed by atoms with Gasteiger partial charge in [0, 0.05) is 36.8 Å². The van der Waals surface area contributed by atoms with Gasteiger partial charge in [-0.1, -0.05) is 11.9 Å². The van der Waals surface area contributed by atoms with Crippen LogP contribution in [0.15, 0.2) is 12.3 Å². The lowest BCUT2D eigenvalue weighted by Gasteiger charge is -2.47. The summed E-state index contributed by atoms with van der Waals surface area (Å²) in [5.41, 5.74) is -1.44. The number of nitrogens with one attached hydrogen (secondary N) is 4. The smallest absolute Gasteiger partial charge is 0.394 e. The number of ether oxygens (including phenoxy) is 1. The van der Waals surface area contributed by atoms with Crippen molar-refractivity contribution in [3.63, 3.8) is 0 Å². The quantitative estimate of drug-likeness (QED) is 0.354. The number of hydrogen-bond acceptors (Lipinski definition) is 8. The molecule has 0 radical (unpaired) electrons. The van der Waals surface area contributed by atoms with E-state index < -0.39 is 11.6 Å². The van der Waals surface area contributed by atoms with E-state index in [4.69, 9.17) is 4.74 Å². The summed E-state index contributed by atoms with van der Waals surface area (Å²) < 4.78 is 51.2. The monoisotopic (exact) mass is 599 g/mol. The summed E-state index contributed by atoms with van der Waals surface area (Å²) in [7, 11) is 0. The van der Waals surface area contributed by atoms with Gasteiger partial charge >= 0.3 is 6.18 Å². The summed E-state index contributed by atoms with van der Waals surface area (Å²) in [6.07, 6.45) is 8.11. The number of hydrogen-bond donors (Lipinski definition) is 4. The number of aromatic nitrogens is 2. The van der Waals surface area contributed by atoms with Gasteiger partial charge in [-0.3, -0.25) is 24.9 Å². The molecule has 41 heavy (non-hydrogen) atoms. The first-order valence-corrected chi connectivity index (χ1v) is 16.7. The molecule has 5 aliphatic rings. The van der Waals surface area contributed by atoms with Crippen molar-refractivity contribution in [3.05, 3.63) is 12.3 Å². The van der Waals surface area contributed by atoms with Gasteiger partial charge < -0.3 is 10.1 Å². The number of rotatable bonds is 5. The SMILES string of the molecule is CC1(C)C[C@H]2CCCNC3CCCC(N3)SNCC3CCC(n4ccc(OCCC5(C(F)(F)F)CC5)n4)NC3N1C2. The van der Waals surface area contributed by atoms with Gasteiger partial charge in [0.05, 0.1) is 29.7 Å². The fourth-order valence-electron chi connectivity index (χ4n) is 7.63. The Bertz CT molecular complexity index is 1020. The van der Waals surface area contributed by atoms with Crippen molar-refractivity contribution in [1.29, 1.82) is 0 Å². The Balaban J connectivity index is 1.11. The molecular weight excluding hydrogens is 551 g/mol. The molecule has 8 nitrogen and oxygen atoms in total. The summed E-state index contributed by atoms with van der Waals surface area (Å²) in [4.78, 5) is 2.71. The van der Waals surface area contributed by atoms with Gasteiger partial charge in [0.1, 0.15) is 6.17 Å². The lowest BCUT2D eigenvalue weighted by atomic mass is 9.90. The van der Waals surface area contributed by atoms with E-state index in [1.807, 2.05) is 22.8 Å². The van der Waals surface area contributed by atoms with Gasteiger partial charge in [-0.25, -0.2) is 0 Å². The van der Waals surface area contributed by atoms with Gasteiger partial charge in [-0.2, -0.15) is 13.2 Å². The van der Waals surface area contributed by atoms with Gasteiger partial charge in [0.2, 0.25) is 5.88 Å². The summed E-state index contributed by atoms with van der Waals surface area (Å²) in [5.74, 6) is 1.55. The number of nitrogens with zero attached hydrogens (tertiary/aromatic N) is 3. The van der Waals surface area contributed by atoms with Gasteiger partial charge in [0.25, 0.3) is 0 Å². The molecule has 1 saturated carbocycles. The summed E-state index contributed by atoms with van der Waals surface area (Å²) >= 11 is 1.85. The molecule has 232 valence electrons. The molecule has 4 N–H and O–H groups in total. The van der Waals surface area contributed by atoms with E-state index in [-0.39, 0.29) is 43.7 Å². The second kappa shape index (κ2) is 12.1. The van der Waals surface area contributed by atoms with E-state index in [1.165, 1.54) is 38.5 Å². The Morgan fingerprint density at radius 2 is 1.95 bits per heavy atom. The number of halogens is 3. The topological polar surface area (TPSA) is 78.4 Å². The molecule has 6 rings (SSSR count). The standard InChI is InChI=1S/C29H48F3N7OS/c1-27(2)17-20-5-4-14-33-22-6-3-7-25(35-22)41-34-18-21-8-9-23(36-26(21)38(27)19-20)39-15-10-24(37-39)40-16-13-28(11-12-28)29(30,31)32/h10,15,20-23,25-26,33-36H,3-9,11-14,16-19H2,1-2H3/t20-,21?,22?,23?,25?,26?/m1/s1. The van der Waals surface area contributed by atoms with Crippen LogP contribution < -0.4 is 25.4 Å². The molecular formula is C29H48F3N7OS. The van der Waals surface area contributed by atoms with Gasteiger partial charge in [-0.15, -0.1) is 5.10 Å². The maximum atomic E-state index is 13.3. The molecule has 0 spiro atoms. The molecule has 4 saturated heterocycles. The second-order valence-corrected chi connectivity index (χ2v) is 14.8. The molecule has 0 amide bonds. The Hall–Kier alpha value is -1.05. The van der Waals surface area contributed by atoms with Crippen LogP contribution in [0, 0.1) is 17.3 Å². The molecule has 6 unspecified atom stereocenters. The zero-order chi connectivity index (χ0) is 28.7. The van der Waals surface area contributed by atoms with E-state index in [0.717, 1.165) is 32.5 Å². The third-order valence-electron chi connectivity index (χ3n) is 10.3. The van der Waals surface area contributed by atoms with Crippen LogP contribution in [0.3, 0.4) is 0 Å². The van der Waals surface area contributed by atoms with Crippen LogP contribution >= 0.6 is 11.9 Å². The van der Waals surface area contributed by atoms with Crippen LogP contribution in [0.4, 0.5) is 13.2 Å². The summed E-state index contributed by atoms with van der Waals surface area (Å²) in [6.45, 7) is 7.92. The maximum Gasteiger partial charge on any atom is 0.394 e.